The van der Waals surface area contributed by atoms with Crippen molar-refractivity contribution in [3.63, 3.8) is 0 Å². The molecule has 2 heterocycles. The molecule has 2 aromatic heterocycles. The predicted molar refractivity (Wildman–Crippen MR) is 50.4 cm³/mol. The van der Waals surface area contributed by atoms with E-state index < -0.39 is 0 Å². The van der Waals surface area contributed by atoms with Crippen molar-refractivity contribution in [1.82, 2.24) is 9.97 Å². The topological polar surface area (TPSA) is 25.8 Å². The summed E-state index contributed by atoms with van der Waals surface area (Å²) in [5.74, 6) is 0. The maximum atomic E-state index is 5.75. The first kappa shape index (κ1) is 7.71. The van der Waals surface area contributed by atoms with Gasteiger partial charge in [-0.2, -0.15) is 0 Å². The molecule has 0 aliphatic heterocycles. The Balaban J connectivity index is 2.45. The minimum absolute atomic E-state index is 0.710. The molecule has 0 N–H and O–H groups in total. The summed E-state index contributed by atoms with van der Waals surface area (Å²) < 4.78 is 0.710. The lowest BCUT2D eigenvalue weighted by atomic mass is 10.3. The molecule has 12 heavy (non-hydrogen) atoms. The second kappa shape index (κ2) is 3.21. The molecule has 0 radical (unpaired) electrons. The fourth-order valence-corrected chi connectivity index (χ4v) is 1.80. The largest absolute Gasteiger partial charge is 0.265 e. The van der Waals surface area contributed by atoms with Gasteiger partial charge in [0.1, 0.15) is 9.34 Å². The van der Waals surface area contributed by atoms with Gasteiger partial charge < -0.3 is 0 Å². The van der Waals surface area contributed by atoms with Crippen molar-refractivity contribution in [2.45, 2.75) is 0 Å². The van der Waals surface area contributed by atoms with Crippen molar-refractivity contribution in [3.05, 3.63) is 35.1 Å². The van der Waals surface area contributed by atoms with Gasteiger partial charge in [-0.3, -0.25) is 4.98 Å². The van der Waals surface area contributed by atoms with Crippen LogP contribution in [0.5, 0.6) is 0 Å². The maximum absolute atomic E-state index is 5.75. The number of hydrogen-bond acceptors (Lipinski definition) is 3. The van der Waals surface area contributed by atoms with Crippen LogP contribution in [0.25, 0.3) is 10.6 Å². The lowest BCUT2D eigenvalue weighted by Gasteiger charge is -1.91. The average Bonchev–Trinajstić information content (AvgIpc) is 2.54. The van der Waals surface area contributed by atoms with Gasteiger partial charge in [-0.1, -0.05) is 11.6 Å². The fourth-order valence-electron chi connectivity index (χ4n) is 0.882. The second-order valence-corrected chi connectivity index (χ2v) is 3.87. The number of pyridine rings is 1. The summed E-state index contributed by atoms with van der Waals surface area (Å²) in [4.78, 5) is 8.07. The van der Waals surface area contributed by atoms with Crippen molar-refractivity contribution in [2.24, 2.45) is 0 Å². The SMILES string of the molecule is Clc1cnc(-c2ccncc2)s1. The lowest BCUT2D eigenvalue weighted by Crippen LogP contribution is -1.74. The zero-order chi connectivity index (χ0) is 8.39. The van der Waals surface area contributed by atoms with E-state index in [9.17, 15) is 0 Å². The van der Waals surface area contributed by atoms with E-state index in [4.69, 9.17) is 11.6 Å². The van der Waals surface area contributed by atoms with E-state index in [1.54, 1.807) is 18.6 Å². The lowest BCUT2D eigenvalue weighted by molar-refractivity contribution is 1.32. The molecule has 0 aliphatic carbocycles. The molecule has 0 saturated heterocycles. The van der Waals surface area contributed by atoms with E-state index in [0.717, 1.165) is 10.6 Å². The van der Waals surface area contributed by atoms with E-state index in [1.807, 2.05) is 12.1 Å². The first-order chi connectivity index (χ1) is 5.86. The molecule has 0 spiro atoms. The summed E-state index contributed by atoms with van der Waals surface area (Å²) in [5, 5.41) is 0.933. The molecule has 2 rings (SSSR count). The highest BCUT2D eigenvalue weighted by Gasteiger charge is 2.01. The predicted octanol–water partition coefficient (Wildman–Crippen LogP) is 2.86. The van der Waals surface area contributed by atoms with Crippen LogP contribution in [-0.4, -0.2) is 9.97 Å². The van der Waals surface area contributed by atoms with Gasteiger partial charge in [-0.15, -0.1) is 11.3 Å². The minimum Gasteiger partial charge on any atom is -0.265 e. The Morgan fingerprint density at radius 1 is 1.25 bits per heavy atom. The molecule has 60 valence electrons. The smallest absolute Gasteiger partial charge is 0.124 e. The highest BCUT2D eigenvalue weighted by atomic mass is 35.5. The van der Waals surface area contributed by atoms with Gasteiger partial charge in [0.15, 0.2) is 0 Å². The van der Waals surface area contributed by atoms with E-state index in [0.29, 0.717) is 4.34 Å². The van der Waals surface area contributed by atoms with Crippen LogP contribution in [0.2, 0.25) is 4.34 Å². The van der Waals surface area contributed by atoms with Crippen LogP contribution >= 0.6 is 22.9 Å². The summed E-state index contributed by atoms with van der Waals surface area (Å²) in [6.45, 7) is 0. The first-order valence-electron chi connectivity index (χ1n) is 3.38. The number of halogens is 1. The molecular weight excluding hydrogens is 192 g/mol. The molecule has 0 saturated carbocycles. The number of hydrogen-bond donors (Lipinski definition) is 0. The summed E-state index contributed by atoms with van der Waals surface area (Å²) in [6, 6.07) is 3.82. The number of nitrogens with zero attached hydrogens (tertiary/aromatic N) is 2. The highest BCUT2D eigenvalue weighted by Crippen LogP contribution is 2.27. The normalized spacial score (nSPS) is 10.1. The summed E-state index contributed by atoms with van der Waals surface area (Å²) in [7, 11) is 0. The summed E-state index contributed by atoms with van der Waals surface area (Å²) in [5.41, 5.74) is 1.06. The van der Waals surface area contributed by atoms with Crippen LogP contribution in [-0.2, 0) is 0 Å². The minimum atomic E-state index is 0.710. The molecule has 0 aliphatic rings. The Labute approximate surface area is 78.9 Å². The third-order valence-corrected chi connectivity index (χ3v) is 2.57. The Bertz CT molecular complexity index is 372. The number of aromatic nitrogens is 2. The van der Waals surface area contributed by atoms with Crippen molar-refractivity contribution < 1.29 is 0 Å². The van der Waals surface area contributed by atoms with Crippen LogP contribution in [0, 0.1) is 0 Å². The van der Waals surface area contributed by atoms with Gasteiger partial charge in [-0.05, 0) is 12.1 Å². The van der Waals surface area contributed by atoms with E-state index in [-0.39, 0.29) is 0 Å². The zero-order valence-electron chi connectivity index (χ0n) is 6.07. The molecule has 0 atom stereocenters. The third-order valence-electron chi connectivity index (χ3n) is 1.40. The average molecular weight is 197 g/mol. The van der Waals surface area contributed by atoms with E-state index >= 15 is 0 Å². The van der Waals surface area contributed by atoms with Gasteiger partial charge in [-0.25, -0.2) is 4.98 Å². The van der Waals surface area contributed by atoms with Crippen LogP contribution < -0.4 is 0 Å². The van der Waals surface area contributed by atoms with Crippen LogP contribution in [0.1, 0.15) is 0 Å². The summed E-state index contributed by atoms with van der Waals surface area (Å²) >= 11 is 7.22. The van der Waals surface area contributed by atoms with Gasteiger partial charge >= 0.3 is 0 Å². The molecule has 0 unspecified atom stereocenters. The Morgan fingerprint density at radius 3 is 2.58 bits per heavy atom. The molecule has 0 aromatic carbocycles. The van der Waals surface area contributed by atoms with Crippen LogP contribution in [0.15, 0.2) is 30.7 Å². The van der Waals surface area contributed by atoms with Crippen molar-refractivity contribution in [3.8, 4) is 10.6 Å². The van der Waals surface area contributed by atoms with E-state index in [1.165, 1.54) is 11.3 Å². The van der Waals surface area contributed by atoms with Gasteiger partial charge in [0.05, 0.1) is 6.20 Å². The van der Waals surface area contributed by atoms with Gasteiger partial charge in [0, 0.05) is 18.0 Å². The van der Waals surface area contributed by atoms with Gasteiger partial charge in [0.2, 0.25) is 0 Å². The second-order valence-electron chi connectivity index (χ2n) is 2.21. The summed E-state index contributed by atoms with van der Waals surface area (Å²) in [6.07, 6.45) is 5.14. The Kier molecular flexibility index (Phi) is 2.06. The zero-order valence-corrected chi connectivity index (χ0v) is 7.64. The van der Waals surface area contributed by atoms with Crippen LogP contribution in [0.3, 0.4) is 0 Å². The molecule has 0 fully saturated rings. The van der Waals surface area contributed by atoms with Crippen molar-refractivity contribution in [1.29, 1.82) is 0 Å². The quantitative estimate of drug-likeness (QED) is 0.701. The standard InChI is InChI=1S/C8H5ClN2S/c9-7-5-11-8(12-7)6-1-3-10-4-2-6/h1-5H. The molecule has 2 nitrogen and oxygen atoms in total. The molecule has 0 amide bonds. The van der Waals surface area contributed by atoms with Crippen molar-refractivity contribution in [2.75, 3.05) is 0 Å². The molecule has 4 heteroatoms. The molecule has 2 aromatic rings. The highest BCUT2D eigenvalue weighted by molar-refractivity contribution is 7.18. The van der Waals surface area contributed by atoms with E-state index in [2.05, 4.69) is 9.97 Å². The number of thiazole rings is 1. The van der Waals surface area contributed by atoms with Crippen LogP contribution in [0.4, 0.5) is 0 Å². The maximum Gasteiger partial charge on any atom is 0.124 e. The van der Waals surface area contributed by atoms with Gasteiger partial charge in [0.25, 0.3) is 0 Å². The Hall–Kier alpha value is -0.930. The third kappa shape index (κ3) is 1.47. The Morgan fingerprint density at radius 2 is 2.00 bits per heavy atom. The number of rotatable bonds is 1. The monoisotopic (exact) mass is 196 g/mol. The first-order valence-corrected chi connectivity index (χ1v) is 4.57. The van der Waals surface area contributed by atoms with Crippen molar-refractivity contribution >= 4 is 22.9 Å². The fraction of sp³-hybridized carbons (Fsp3) is 0. The molecular formula is C8H5ClN2S. The molecule has 0 bridgehead atoms.